The van der Waals surface area contributed by atoms with Crippen molar-refractivity contribution in [1.29, 1.82) is 0 Å². The Hall–Kier alpha value is -5.86. The SMILES string of the molecule is CC1(C)C2=CC3C(=C(c4ccc5ccccc5n4)c4cc5c(cc4C3c3ccc4ccccc4n3)C(C)(C)c3ccccc3-5)C=C2c2ccccc21. The van der Waals surface area contributed by atoms with Crippen LogP contribution in [0.25, 0.3) is 44.1 Å². The predicted octanol–water partition coefficient (Wildman–Crippen LogP) is 12.0. The summed E-state index contributed by atoms with van der Waals surface area (Å²) in [6, 6.07) is 49.1. The number of hydrogen-bond acceptors (Lipinski definition) is 2. The molecule has 52 heavy (non-hydrogen) atoms. The van der Waals surface area contributed by atoms with Crippen molar-refractivity contribution >= 4 is 33.0 Å². The summed E-state index contributed by atoms with van der Waals surface area (Å²) < 4.78 is 0. The zero-order chi connectivity index (χ0) is 34.9. The van der Waals surface area contributed by atoms with Crippen LogP contribution in [0, 0.1) is 5.92 Å². The fourth-order valence-electron chi connectivity index (χ4n) is 10.1. The number of benzene rings is 5. The van der Waals surface area contributed by atoms with Crippen molar-refractivity contribution in [2.75, 3.05) is 0 Å². The molecule has 0 spiro atoms. The van der Waals surface area contributed by atoms with Crippen molar-refractivity contribution in [3.05, 3.63) is 202 Å². The number of fused-ring (bicyclic) bond motifs is 10. The summed E-state index contributed by atoms with van der Waals surface area (Å²) in [7, 11) is 0. The van der Waals surface area contributed by atoms with Crippen LogP contribution >= 0.6 is 0 Å². The molecule has 2 aromatic heterocycles. The van der Waals surface area contributed by atoms with E-state index in [9.17, 15) is 0 Å². The minimum Gasteiger partial charge on any atom is -0.252 e. The van der Waals surface area contributed by atoms with Crippen molar-refractivity contribution in [3.8, 4) is 11.1 Å². The Kier molecular flexibility index (Phi) is 5.94. The van der Waals surface area contributed by atoms with Gasteiger partial charge in [-0.25, -0.2) is 4.98 Å². The van der Waals surface area contributed by atoms with Crippen LogP contribution in [0.4, 0.5) is 0 Å². The minimum absolute atomic E-state index is 0.0217. The largest absolute Gasteiger partial charge is 0.252 e. The molecule has 5 aromatic carbocycles. The lowest BCUT2D eigenvalue weighted by molar-refractivity contribution is 0.599. The van der Waals surface area contributed by atoms with Gasteiger partial charge in [0, 0.05) is 44.7 Å². The maximum Gasteiger partial charge on any atom is 0.0718 e. The van der Waals surface area contributed by atoms with Crippen molar-refractivity contribution in [1.82, 2.24) is 9.97 Å². The molecule has 2 nitrogen and oxygen atoms in total. The molecular weight excluding hydrogens is 629 g/mol. The summed E-state index contributed by atoms with van der Waals surface area (Å²) in [5.74, 6) is 0.0927. The summed E-state index contributed by atoms with van der Waals surface area (Å²) in [6.45, 7) is 9.57. The zero-order valence-corrected chi connectivity index (χ0v) is 29.9. The van der Waals surface area contributed by atoms with Crippen LogP contribution in [0.5, 0.6) is 0 Å². The molecule has 11 rings (SSSR count). The summed E-state index contributed by atoms with van der Waals surface area (Å²) in [5.41, 5.74) is 20.0. The number of rotatable bonds is 2. The molecule has 0 saturated carbocycles. The molecule has 7 aromatic rings. The van der Waals surface area contributed by atoms with E-state index in [0.29, 0.717) is 0 Å². The summed E-state index contributed by atoms with van der Waals surface area (Å²) >= 11 is 0. The van der Waals surface area contributed by atoms with Crippen molar-refractivity contribution < 1.29 is 0 Å². The van der Waals surface area contributed by atoms with Gasteiger partial charge in [-0.3, -0.25) is 4.98 Å². The third kappa shape index (κ3) is 3.95. The van der Waals surface area contributed by atoms with Gasteiger partial charge in [-0.15, -0.1) is 0 Å². The average Bonchev–Trinajstić information content (AvgIpc) is 3.53. The lowest BCUT2D eigenvalue weighted by Crippen LogP contribution is -2.27. The highest BCUT2D eigenvalue weighted by atomic mass is 14.7. The second kappa shape index (κ2) is 10.4. The Morgan fingerprint density at radius 3 is 1.92 bits per heavy atom. The first-order chi connectivity index (χ1) is 25.3. The van der Waals surface area contributed by atoms with E-state index in [1.165, 1.54) is 72.2 Å². The van der Waals surface area contributed by atoms with Crippen molar-refractivity contribution in [2.45, 2.75) is 44.4 Å². The van der Waals surface area contributed by atoms with Crippen molar-refractivity contribution in [2.24, 2.45) is 5.92 Å². The van der Waals surface area contributed by atoms with E-state index in [2.05, 4.69) is 173 Å². The van der Waals surface area contributed by atoms with E-state index in [-0.39, 0.29) is 22.7 Å². The summed E-state index contributed by atoms with van der Waals surface area (Å²) in [6.07, 6.45) is 5.14. The Morgan fingerprint density at radius 2 is 1.15 bits per heavy atom. The number of nitrogens with zero attached hydrogens (tertiary/aromatic N) is 2. The van der Waals surface area contributed by atoms with E-state index >= 15 is 0 Å². The highest BCUT2D eigenvalue weighted by Gasteiger charge is 2.46. The zero-order valence-electron chi connectivity index (χ0n) is 29.9. The maximum atomic E-state index is 5.47. The number of para-hydroxylation sites is 2. The molecule has 2 heterocycles. The lowest BCUT2D eigenvalue weighted by Gasteiger charge is -2.39. The number of pyridine rings is 2. The van der Waals surface area contributed by atoms with Gasteiger partial charge in [0.2, 0.25) is 0 Å². The average molecular weight is 667 g/mol. The topological polar surface area (TPSA) is 25.8 Å². The molecule has 0 amide bonds. The maximum absolute atomic E-state index is 5.47. The third-order valence-corrected chi connectivity index (χ3v) is 12.7. The lowest BCUT2D eigenvalue weighted by atomic mass is 9.64. The van der Waals surface area contributed by atoms with Crippen LogP contribution < -0.4 is 0 Å². The highest BCUT2D eigenvalue weighted by Crippen LogP contribution is 2.60. The molecule has 0 radical (unpaired) electrons. The van der Waals surface area contributed by atoms with Gasteiger partial charge in [0.15, 0.2) is 0 Å². The van der Waals surface area contributed by atoms with Crippen molar-refractivity contribution in [3.63, 3.8) is 0 Å². The van der Waals surface area contributed by atoms with Crippen LogP contribution in [0.2, 0.25) is 0 Å². The number of allylic oxidation sites excluding steroid dienone is 5. The predicted molar refractivity (Wildman–Crippen MR) is 214 cm³/mol. The van der Waals surface area contributed by atoms with Gasteiger partial charge in [0.05, 0.1) is 16.7 Å². The van der Waals surface area contributed by atoms with E-state index in [4.69, 9.17) is 9.97 Å². The standard InChI is InChI=1S/C50H38N2/c1-49(2)39-17-9-7-15-31(39)33-25-35-37(27-41(33)49)48(46-24-22-30-14-6-12-20-44(30)52-46)38-28-42-34(32-16-8-10-18-40(32)50(42,3)4)26-36(38)47(35)45-23-21-29-13-5-11-19-43(29)51-45/h5-28,37,48H,1-4H3. The van der Waals surface area contributed by atoms with Gasteiger partial charge < -0.3 is 0 Å². The van der Waals surface area contributed by atoms with Gasteiger partial charge in [-0.1, -0.05) is 137 Å². The van der Waals surface area contributed by atoms with Crippen LogP contribution in [-0.4, -0.2) is 9.97 Å². The van der Waals surface area contributed by atoms with Gasteiger partial charge in [-0.05, 0) is 97.6 Å². The molecule has 2 heteroatoms. The molecule has 4 aliphatic rings. The Bertz CT molecular complexity index is 2810. The molecule has 0 N–H and O–H groups in total. The normalized spacial score (nSPS) is 20.0. The number of hydrogen-bond donors (Lipinski definition) is 0. The molecule has 0 aliphatic heterocycles. The van der Waals surface area contributed by atoms with E-state index in [0.717, 1.165) is 27.8 Å². The molecule has 0 saturated heterocycles. The molecule has 248 valence electrons. The molecule has 2 unspecified atom stereocenters. The third-order valence-electron chi connectivity index (χ3n) is 12.7. The number of aromatic nitrogens is 2. The fraction of sp³-hybridized carbons (Fsp3) is 0.160. The monoisotopic (exact) mass is 666 g/mol. The van der Waals surface area contributed by atoms with Gasteiger partial charge >= 0.3 is 0 Å². The quantitative estimate of drug-likeness (QED) is 0.184. The molecular formula is C50H38N2. The fourth-order valence-corrected chi connectivity index (χ4v) is 10.1. The van der Waals surface area contributed by atoms with Crippen LogP contribution in [0.15, 0.2) is 157 Å². The summed E-state index contributed by atoms with van der Waals surface area (Å²) in [4.78, 5) is 10.9. The molecule has 4 aliphatic carbocycles. The van der Waals surface area contributed by atoms with Crippen LogP contribution in [-0.2, 0) is 10.8 Å². The Morgan fingerprint density at radius 1 is 0.519 bits per heavy atom. The second-order valence-electron chi connectivity index (χ2n) is 16.1. The Labute approximate surface area is 304 Å². The Balaban J connectivity index is 1.27. The highest BCUT2D eigenvalue weighted by molar-refractivity contribution is 5.99. The first-order valence-corrected chi connectivity index (χ1v) is 18.6. The van der Waals surface area contributed by atoms with Crippen LogP contribution in [0.3, 0.4) is 0 Å². The van der Waals surface area contributed by atoms with Crippen LogP contribution in [0.1, 0.15) is 78.4 Å². The molecule has 2 atom stereocenters. The summed E-state index contributed by atoms with van der Waals surface area (Å²) in [5, 5.41) is 2.32. The van der Waals surface area contributed by atoms with E-state index in [1.807, 2.05) is 0 Å². The second-order valence-corrected chi connectivity index (χ2v) is 16.1. The van der Waals surface area contributed by atoms with E-state index < -0.39 is 0 Å². The molecule has 0 bridgehead atoms. The molecule has 0 fully saturated rings. The van der Waals surface area contributed by atoms with Gasteiger partial charge in [0.1, 0.15) is 0 Å². The first-order valence-electron chi connectivity index (χ1n) is 18.6. The van der Waals surface area contributed by atoms with E-state index in [1.54, 1.807) is 0 Å². The first kappa shape index (κ1) is 29.8. The smallest absolute Gasteiger partial charge is 0.0718 e. The minimum atomic E-state index is -0.124. The van der Waals surface area contributed by atoms with Gasteiger partial charge in [-0.2, -0.15) is 0 Å². The van der Waals surface area contributed by atoms with Gasteiger partial charge in [0.25, 0.3) is 0 Å².